The normalized spacial score (nSPS) is 10.6. The van der Waals surface area contributed by atoms with Crippen LogP contribution >= 0.6 is 15.9 Å². The Morgan fingerprint density at radius 3 is 2.38 bits per heavy atom. The minimum atomic E-state index is -0.546. The van der Waals surface area contributed by atoms with Crippen LogP contribution in [0.5, 0.6) is 0 Å². The molecule has 0 atom stereocenters. The molecule has 0 aromatic heterocycles. The predicted molar refractivity (Wildman–Crippen MR) is 98.6 cm³/mol. The molecule has 0 fully saturated rings. The number of para-hydroxylation sites is 1. The van der Waals surface area contributed by atoms with Crippen molar-refractivity contribution in [3.05, 3.63) is 70.7 Å². The van der Waals surface area contributed by atoms with Gasteiger partial charge in [-0.15, -0.1) is 0 Å². The summed E-state index contributed by atoms with van der Waals surface area (Å²) in [7, 11) is 0. The second-order valence-electron chi connectivity index (χ2n) is 4.97. The van der Waals surface area contributed by atoms with Crippen LogP contribution in [0.25, 0.3) is 6.08 Å². The molecule has 0 aliphatic rings. The number of rotatable bonds is 6. The van der Waals surface area contributed by atoms with Crippen LogP contribution in [-0.2, 0) is 14.3 Å². The van der Waals surface area contributed by atoms with Crippen molar-refractivity contribution in [3.63, 3.8) is 0 Å². The van der Waals surface area contributed by atoms with Gasteiger partial charge in [-0.05, 0) is 42.8 Å². The number of esters is 1. The van der Waals surface area contributed by atoms with Gasteiger partial charge in [0.1, 0.15) is 0 Å². The van der Waals surface area contributed by atoms with Gasteiger partial charge in [0.05, 0.1) is 0 Å². The van der Waals surface area contributed by atoms with E-state index in [-0.39, 0.29) is 12.5 Å². The monoisotopic (exact) mass is 387 g/mol. The van der Waals surface area contributed by atoms with Gasteiger partial charge < -0.3 is 9.64 Å². The molecule has 124 valence electrons. The molecule has 0 heterocycles. The summed E-state index contributed by atoms with van der Waals surface area (Å²) in [5, 5.41) is 0. The summed E-state index contributed by atoms with van der Waals surface area (Å²) >= 11 is 3.35. The van der Waals surface area contributed by atoms with Gasteiger partial charge in [0.15, 0.2) is 6.61 Å². The Bertz CT molecular complexity index is 711. The van der Waals surface area contributed by atoms with Crippen molar-refractivity contribution in [2.24, 2.45) is 0 Å². The van der Waals surface area contributed by atoms with Crippen LogP contribution in [0.1, 0.15) is 12.5 Å². The van der Waals surface area contributed by atoms with Gasteiger partial charge in [-0.2, -0.15) is 0 Å². The molecule has 0 spiro atoms. The number of amides is 1. The van der Waals surface area contributed by atoms with Crippen molar-refractivity contribution < 1.29 is 14.3 Å². The third kappa shape index (κ3) is 5.35. The van der Waals surface area contributed by atoms with Crippen molar-refractivity contribution in [1.29, 1.82) is 0 Å². The van der Waals surface area contributed by atoms with E-state index in [1.807, 2.05) is 61.5 Å². The highest BCUT2D eigenvalue weighted by atomic mass is 79.9. The fourth-order valence-corrected chi connectivity index (χ4v) is 2.37. The summed E-state index contributed by atoms with van der Waals surface area (Å²) in [4.78, 5) is 25.5. The van der Waals surface area contributed by atoms with Gasteiger partial charge in [-0.3, -0.25) is 4.79 Å². The molecule has 5 heteroatoms. The van der Waals surface area contributed by atoms with E-state index >= 15 is 0 Å². The van der Waals surface area contributed by atoms with Gasteiger partial charge in [-0.25, -0.2) is 4.79 Å². The highest BCUT2D eigenvalue weighted by Gasteiger charge is 2.14. The predicted octanol–water partition coefficient (Wildman–Crippen LogP) is 4.06. The molecule has 0 unspecified atom stereocenters. The van der Waals surface area contributed by atoms with E-state index in [4.69, 9.17) is 4.74 Å². The van der Waals surface area contributed by atoms with Crippen LogP contribution in [0.15, 0.2) is 65.1 Å². The van der Waals surface area contributed by atoms with E-state index in [9.17, 15) is 9.59 Å². The van der Waals surface area contributed by atoms with Gasteiger partial charge >= 0.3 is 5.97 Å². The SMILES string of the molecule is CCN(C(=O)COC(=O)/C=C/c1ccc(Br)cc1)c1ccccc1. The molecule has 0 saturated carbocycles. The number of benzene rings is 2. The lowest BCUT2D eigenvalue weighted by Crippen LogP contribution is -2.34. The molecule has 0 radical (unpaired) electrons. The fraction of sp³-hybridized carbons (Fsp3) is 0.158. The van der Waals surface area contributed by atoms with Gasteiger partial charge in [0, 0.05) is 22.8 Å². The molecule has 24 heavy (non-hydrogen) atoms. The molecule has 2 aromatic carbocycles. The van der Waals surface area contributed by atoms with Crippen LogP contribution in [0, 0.1) is 0 Å². The summed E-state index contributed by atoms with van der Waals surface area (Å²) in [6.45, 7) is 2.10. The highest BCUT2D eigenvalue weighted by molar-refractivity contribution is 9.10. The number of likely N-dealkylation sites (N-methyl/N-ethyl adjacent to an activating group) is 1. The average molecular weight is 388 g/mol. The molecule has 2 aromatic rings. The first-order valence-electron chi connectivity index (χ1n) is 7.56. The smallest absolute Gasteiger partial charge is 0.331 e. The number of halogens is 1. The largest absolute Gasteiger partial charge is 0.452 e. The first-order chi connectivity index (χ1) is 11.6. The van der Waals surface area contributed by atoms with Crippen LogP contribution in [-0.4, -0.2) is 25.0 Å². The third-order valence-electron chi connectivity index (χ3n) is 3.30. The lowest BCUT2D eigenvalue weighted by molar-refractivity contribution is -0.142. The van der Waals surface area contributed by atoms with E-state index in [1.165, 1.54) is 6.08 Å². The van der Waals surface area contributed by atoms with Crippen molar-refractivity contribution in [1.82, 2.24) is 0 Å². The number of carbonyl (C=O) groups is 2. The highest BCUT2D eigenvalue weighted by Crippen LogP contribution is 2.13. The number of carbonyl (C=O) groups excluding carboxylic acids is 2. The van der Waals surface area contributed by atoms with E-state index in [1.54, 1.807) is 11.0 Å². The fourth-order valence-electron chi connectivity index (χ4n) is 2.11. The van der Waals surface area contributed by atoms with Crippen molar-refractivity contribution >= 4 is 39.6 Å². The maximum absolute atomic E-state index is 12.2. The number of nitrogens with zero attached hydrogens (tertiary/aromatic N) is 1. The van der Waals surface area contributed by atoms with Crippen molar-refractivity contribution in [2.75, 3.05) is 18.1 Å². The Morgan fingerprint density at radius 1 is 1.08 bits per heavy atom. The quantitative estimate of drug-likeness (QED) is 0.554. The molecule has 0 N–H and O–H groups in total. The summed E-state index contributed by atoms with van der Waals surface area (Å²) in [5.41, 5.74) is 1.66. The standard InChI is InChI=1S/C19H18BrNO3/c1-2-21(17-6-4-3-5-7-17)18(22)14-24-19(23)13-10-15-8-11-16(20)12-9-15/h3-13H,2,14H2,1H3/b13-10+. The maximum atomic E-state index is 12.2. The van der Waals surface area contributed by atoms with Crippen LogP contribution < -0.4 is 4.90 Å². The minimum absolute atomic E-state index is 0.255. The zero-order valence-electron chi connectivity index (χ0n) is 13.3. The van der Waals surface area contributed by atoms with Crippen LogP contribution in [0.4, 0.5) is 5.69 Å². The molecule has 0 bridgehead atoms. The summed E-state index contributed by atoms with van der Waals surface area (Å²) < 4.78 is 5.99. The topological polar surface area (TPSA) is 46.6 Å². The molecule has 0 aliphatic carbocycles. The Balaban J connectivity index is 1.88. The zero-order chi connectivity index (χ0) is 17.4. The van der Waals surface area contributed by atoms with E-state index in [0.717, 1.165) is 15.7 Å². The molecule has 4 nitrogen and oxygen atoms in total. The second kappa shape index (κ2) is 9.03. The molecular weight excluding hydrogens is 370 g/mol. The Labute approximate surface area is 149 Å². The van der Waals surface area contributed by atoms with Gasteiger partial charge in [-0.1, -0.05) is 46.3 Å². The molecule has 0 aliphatic heterocycles. The first kappa shape index (κ1) is 17.9. The molecular formula is C19H18BrNO3. The van der Waals surface area contributed by atoms with E-state index in [0.29, 0.717) is 6.54 Å². The van der Waals surface area contributed by atoms with Crippen LogP contribution in [0.3, 0.4) is 0 Å². The summed E-state index contributed by atoms with van der Waals surface area (Å²) in [5.74, 6) is -0.801. The summed E-state index contributed by atoms with van der Waals surface area (Å²) in [6.07, 6.45) is 2.96. The van der Waals surface area contributed by atoms with Crippen molar-refractivity contribution in [2.45, 2.75) is 6.92 Å². The number of ether oxygens (including phenoxy) is 1. The third-order valence-corrected chi connectivity index (χ3v) is 3.83. The number of hydrogen-bond donors (Lipinski definition) is 0. The average Bonchev–Trinajstić information content (AvgIpc) is 2.61. The van der Waals surface area contributed by atoms with Gasteiger partial charge in [0.2, 0.25) is 0 Å². The molecule has 0 saturated heterocycles. The van der Waals surface area contributed by atoms with Crippen LogP contribution in [0.2, 0.25) is 0 Å². The molecule has 1 amide bonds. The van der Waals surface area contributed by atoms with Gasteiger partial charge in [0.25, 0.3) is 5.91 Å². The Hall–Kier alpha value is -2.40. The lowest BCUT2D eigenvalue weighted by atomic mass is 10.2. The minimum Gasteiger partial charge on any atom is -0.452 e. The van der Waals surface area contributed by atoms with E-state index in [2.05, 4.69) is 15.9 Å². The molecule has 2 rings (SSSR count). The zero-order valence-corrected chi connectivity index (χ0v) is 14.9. The Kier molecular flexibility index (Phi) is 6.75. The number of hydrogen-bond acceptors (Lipinski definition) is 3. The second-order valence-corrected chi connectivity index (χ2v) is 5.88. The maximum Gasteiger partial charge on any atom is 0.331 e. The van der Waals surface area contributed by atoms with E-state index < -0.39 is 5.97 Å². The Morgan fingerprint density at radius 2 is 1.75 bits per heavy atom. The number of anilines is 1. The van der Waals surface area contributed by atoms with Crippen molar-refractivity contribution in [3.8, 4) is 0 Å². The summed E-state index contributed by atoms with van der Waals surface area (Å²) in [6, 6.07) is 16.8. The first-order valence-corrected chi connectivity index (χ1v) is 8.35. The lowest BCUT2D eigenvalue weighted by Gasteiger charge is -2.20.